The summed E-state index contributed by atoms with van der Waals surface area (Å²) in [5, 5.41) is 8.17. The number of hydrogen-bond donors (Lipinski definition) is 3. The fourth-order valence-corrected chi connectivity index (χ4v) is 6.75. The van der Waals surface area contributed by atoms with Crippen LogP contribution in [0.3, 0.4) is 0 Å². The third-order valence-electron chi connectivity index (χ3n) is 8.22. The van der Waals surface area contributed by atoms with E-state index in [1.807, 2.05) is 66.7 Å². The molecule has 0 radical (unpaired) electrons. The topological polar surface area (TPSA) is 114 Å². The van der Waals surface area contributed by atoms with Crippen molar-refractivity contribution in [2.45, 2.75) is 17.1 Å². The number of rotatable bonds is 11. The third kappa shape index (κ3) is 8.26. The lowest BCUT2D eigenvalue weighted by molar-refractivity contribution is -0.116. The average Bonchev–Trinajstić information content (AvgIpc) is 3.37. The first kappa shape index (κ1) is 35.7. The number of para-hydroxylation sites is 1. The van der Waals surface area contributed by atoms with Crippen molar-refractivity contribution in [3.63, 3.8) is 0 Å². The number of carbonyl (C=O) groups is 3. The zero-order valence-corrected chi connectivity index (χ0v) is 29.8. The van der Waals surface area contributed by atoms with Crippen molar-refractivity contribution in [2.75, 3.05) is 10.6 Å². The average molecular weight is 728 g/mol. The molecule has 0 aliphatic heterocycles. The molecular formula is C41H34ClN5O4S. The van der Waals surface area contributed by atoms with Crippen LogP contribution in [-0.2, 0) is 16.6 Å². The molecule has 1 heterocycles. The van der Waals surface area contributed by atoms with Crippen molar-refractivity contribution < 1.29 is 14.4 Å². The largest absolute Gasteiger partial charge is 0.321 e. The maximum Gasteiger partial charge on any atom is 0.295 e. The van der Waals surface area contributed by atoms with Gasteiger partial charge >= 0.3 is 0 Å². The minimum absolute atomic E-state index is 0.0130. The standard InChI is InChI=1S/C41H34ClN5O4S/c1-27-36(41(51)47(46(27)2)32-21-10-5-11-22-32)45-40(50)37(28-15-6-3-7-16-28)52-33-23-14-20-31(26-33)43-39(49)35(25-30-19-12-13-24-34(30)42)44-38(48)29-17-8-4-9-18-29/h3-26,37H,1-2H3,(H,43,49)(H,44,48)(H,45,50)/b35-25+. The van der Waals surface area contributed by atoms with Crippen molar-refractivity contribution in [2.24, 2.45) is 7.05 Å². The van der Waals surface area contributed by atoms with Gasteiger partial charge in [0, 0.05) is 28.2 Å². The first-order valence-electron chi connectivity index (χ1n) is 16.3. The van der Waals surface area contributed by atoms with Gasteiger partial charge < -0.3 is 16.0 Å². The fourth-order valence-electron chi connectivity index (χ4n) is 5.47. The van der Waals surface area contributed by atoms with Crippen LogP contribution in [0.4, 0.5) is 11.4 Å². The number of benzene rings is 5. The Morgan fingerprint density at radius 2 is 1.40 bits per heavy atom. The van der Waals surface area contributed by atoms with Crippen LogP contribution in [0.25, 0.3) is 11.8 Å². The van der Waals surface area contributed by atoms with E-state index in [2.05, 4.69) is 16.0 Å². The first-order valence-corrected chi connectivity index (χ1v) is 17.6. The molecule has 0 fully saturated rings. The molecule has 9 nitrogen and oxygen atoms in total. The summed E-state index contributed by atoms with van der Waals surface area (Å²) in [5.74, 6) is -1.41. The van der Waals surface area contributed by atoms with Gasteiger partial charge in [0.2, 0.25) is 5.91 Å². The molecule has 0 aliphatic rings. The molecule has 11 heteroatoms. The number of nitrogens with zero attached hydrogens (tertiary/aromatic N) is 2. The smallest absolute Gasteiger partial charge is 0.295 e. The number of carbonyl (C=O) groups excluding carboxylic acids is 3. The Labute approximate surface area is 309 Å². The molecule has 260 valence electrons. The molecule has 5 aromatic carbocycles. The molecular weight excluding hydrogens is 694 g/mol. The second kappa shape index (κ2) is 16.3. The monoisotopic (exact) mass is 727 g/mol. The SMILES string of the molecule is Cc1c(NC(=O)C(Sc2cccc(NC(=O)/C(=C\c3ccccc3Cl)NC(=O)c3ccccc3)c2)c2ccccc2)c(=O)n(-c2ccccc2)n1C. The summed E-state index contributed by atoms with van der Waals surface area (Å²) in [6, 6.07) is 41.1. The molecule has 0 spiro atoms. The molecule has 3 amide bonds. The van der Waals surface area contributed by atoms with E-state index in [9.17, 15) is 19.2 Å². The van der Waals surface area contributed by atoms with E-state index in [4.69, 9.17) is 11.6 Å². The maximum atomic E-state index is 14.0. The number of amides is 3. The van der Waals surface area contributed by atoms with Crippen LogP contribution < -0.4 is 21.5 Å². The van der Waals surface area contributed by atoms with Crippen molar-refractivity contribution in [1.82, 2.24) is 14.7 Å². The highest BCUT2D eigenvalue weighted by Gasteiger charge is 2.26. The van der Waals surface area contributed by atoms with Crippen molar-refractivity contribution in [1.29, 1.82) is 0 Å². The van der Waals surface area contributed by atoms with Gasteiger partial charge in [-0.1, -0.05) is 103 Å². The molecule has 0 aliphatic carbocycles. The Bertz CT molecular complexity index is 2320. The van der Waals surface area contributed by atoms with Gasteiger partial charge in [0.25, 0.3) is 17.4 Å². The molecule has 0 bridgehead atoms. The fraction of sp³-hybridized carbons (Fsp3) is 0.0732. The van der Waals surface area contributed by atoms with Gasteiger partial charge in [0.05, 0.1) is 11.4 Å². The van der Waals surface area contributed by atoms with Crippen LogP contribution in [0.2, 0.25) is 5.02 Å². The Hall–Kier alpha value is -6.10. The molecule has 3 N–H and O–H groups in total. The van der Waals surface area contributed by atoms with Gasteiger partial charge in [-0.15, -0.1) is 11.8 Å². The van der Waals surface area contributed by atoms with E-state index in [1.54, 1.807) is 91.4 Å². The van der Waals surface area contributed by atoms with E-state index in [-0.39, 0.29) is 22.9 Å². The molecule has 6 rings (SSSR count). The van der Waals surface area contributed by atoms with E-state index in [0.29, 0.717) is 38.1 Å². The minimum atomic E-state index is -0.753. The maximum absolute atomic E-state index is 14.0. The zero-order chi connectivity index (χ0) is 36.6. The van der Waals surface area contributed by atoms with E-state index >= 15 is 0 Å². The third-order valence-corrected chi connectivity index (χ3v) is 9.81. The van der Waals surface area contributed by atoms with Crippen LogP contribution in [0.5, 0.6) is 0 Å². The summed E-state index contributed by atoms with van der Waals surface area (Å²) >= 11 is 7.66. The lowest BCUT2D eigenvalue weighted by Gasteiger charge is -2.17. The number of hydrogen-bond acceptors (Lipinski definition) is 5. The van der Waals surface area contributed by atoms with Crippen LogP contribution in [0.15, 0.2) is 155 Å². The molecule has 52 heavy (non-hydrogen) atoms. The second-order valence-electron chi connectivity index (χ2n) is 11.7. The normalized spacial score (nSPS) is 11.8. The first-order chi connectivity index (χ1) is 25.2. The molecule has 1 unspecified atom stereocenters. The predicted molar refractivity (Wildman–Crippen MR) is 208 cm³/mol. The summed E-state index contributed by atoms with van der Waals surface area (Å²) in [7, 11) is 1.77. The number of nitrogens with one attached hydrogen (secondary N) is 3. The van der Waals surface area contributed by atoms with Gasteiger partial charge in [-0.3, -0.25) is 23.9 Å². The van der Waals surface area contributed by atoms with Crippen LogP contribution in [-0.4, -0.2) is 27.1 Å². The Morgan fingerprint density at radius 1 is 0.769 bits per heavy atom. The molecule has 1 aromatic heterocycles. The Balaban J connectivity index is 1.26. The van der Waals surface area contributed by atoms with Crippen LogP contribution in [0.1, 0.15) is 32.4 Å². The number of aromatic nitrogens is 2. The Morgan fingerprint density at radius 3 is 2.10 bits per heavy atom. The van der Waals surface area contributed by atoms with Gasteiger partial charge in [-0.2, -0.15) is 0 Å². The number of anilines is 2. The Kier molecular flexibility index (Phi) is 11.2. The summed E-state index contributed by atoms with van der Waals surface area (Å²) in [6.45, 7) is 1.78. The minimum Gasteiger partial charge on any atom is -0.321 e. The lowest BCUT2D eigenvalue weighted by Crippen LogP contribution is -2.30. The number of halogens is 1. The zero-order valence-electron chi connectivity index (χ0n) is 28.2. The summed E-state index contributed by atoms with van der Waals surface area (Å²) in [5.41, 5.74) is 3.20. The van der Waals surface area contributed by atoms with E-state index < -0.39 is 17.1 Å². The van der Waals surface area contributed by atoms with E-state index in [0.717, 1.165) is 5.56 Å². The van der Waals surface area contributed by atoms with Gasteiger partial charge in [0.15, 0.2) is 0 Å². The van der Waals surface area contributed by atoms with E-state index in [1.165, 1.54) is 22.5 Å². The predicted octanol–water partition coefficient (Wildman–Crippen LogP) is 8.02. The van der Waals surface area contributed by atoms with Crippen molar-refractivity contribution >= 4 is 58.5 Å². The van der Waals surface area contributed by atoms with Crippen molar-refractivity contribution in [3.8, 4) is 5.69 Å². The van der Waals surface area contributed by atoms with Gasteiger partial charge in [-0.25, -0.2) is 4.68 Å². The highest BCUT2D eigenvalue weighted by atomic mass is 35.5. The molecule has 0 saturated carbocycles. The molecule has 0 saturated heterocycles. The van der Waals surface area contributed by atoms with Crippen LogP contribution in [0, 0.1) is 6.92 Å². The van der Waals surface area contributed by atoms with Crippen molar-refractivity contribution in [3.05, 3.63) is 183 Å². The summed E-state index contributed by atoms with van der Waals surface area (Å²) in [4.78, 5) is 55.1. The summed E-state index contributed by atoms with van der Waals surface area (Å²) < 4.78 is 3.22. The van der Waals surface area contributed by atoms with Gasteiger partial charge in [0.1, 0.15) is 16.6 Å². The lowest BCUT2D eigenvalue weighted by atomic mass is 10.1. The highest BCUT2D eigenvalue weighted by Crippen LogP contribution is 2.37. The number of thioether (sulfide) groups is 1. The molecule has 1 atom stereocenters. The highest BCUT2D eigenvalue weighted by molar-refractivity contribution is 8.00. The van der Waals surface area contributed by atoms with Crippen LogP contribution >= 0.6 is 23.4 Å². The molecule has 6 aromatic rings. The summed E-state index contributed by atoms with van der Waals surface area (Å²) in [6.07, 6.45) is 1.52. The quantitative estimate of drug-likeness (QED) is 0.0924. The second-order valence-corrected chi connectivity index (χ2v) is 13.3. The van der Waals surface area contributed by atoms with Gasteiger partial charge in [-0.05, 0) is 72.7 Å².